The Morgan fingerprint density at radius 3 is 1.95 bits per heavy atom. The van der Waals surface area contributed by atoms with Crippen LogP contribution in [0.5, 0.6) is 0 Å². The fourth-order valence-electron chi connectivity index (χ4n) is 2.85. The van der Waals surface area contributed by atoms with Crippen molar-refractivity contribution in [3.8, 4) is 0 Å². The molecule has 3 aromatic rings. The zero-order valence-electron chi connectivity index (χ0n) is 11.4. The molecule has 2 nitrogen and oxygen atoms in total. The minimum Gasteiger partial charge on any atom is -0.361 e. The fourth-order valence-corrected chi connectivity index (χ4v) is 2.85. The minimum absolute atomic E-state index is 0.121. The van der Waals surface area contributed by atoms with Gasteiger partial charge in [0.2, 0.25) is 0 Å². The molecule has 0 unspecified atom stereocenters. The monoisotopic (exact) mass is 260 g/mol. The molecule has 0 aliphatic carbocycles. The molecule has 0 amide bonds. The number of rotatable bonds is 1. The van der Waals surface area contributed by atoms with Crippen molar-refractivity contribution in [2.24, 2.45) is 0 Å². The number of hydrogen-bond donors (Lipinski definition) is 2. The van der Waals surface area contributed by atoms with Gasteiger partial charge >= 0.3 is 0 Å². The van der Waals surface area contributed by atoms with Crippen molar-refractivity contribution >= 4 is 22.1 Å². The Bertz CT molecular complexity index is 734. The molecule has 20 heavy (non-hydrogen) atoms. The first-order valence-corrected chi connectivity index (χ1v) is 6.93. The largest absolute Gasteiger partial charge is 0.361 e. The molecule has 0 saturated carbocycles. The Hall–Kier alpha value is -2.48. The lowest BCUT2D eigenvalue weighted by Gasteiger charge is -2.29. The molecule has 0 atom stereocenters. The molecule has 3 aromatic carbocycles. The number of benzene rings is 3. The minimum atomic E-state index is 0.121. The fraction of sp³-hybridized carbons (Fsp3) is 0.111. The van der Waals surface area contributed by atoms with Gasteiger partial charge in [-0.05, 0) is 30.0 Å². The highest BCUT2D eigenvalue weighted by Crippen LogP contribution is 2.38. The zero-order chi connectivity index (χ0) is 13.5. The normalized spacial score (nSPS) is 13.8. The van der Waals surface area contributed by atoms with Crippen molar-refractivity contribution in [2.45, 2.75) is 13.1 Å². The molecule has 98 valence electrons. The maximum absolute atomic E-state index is 3.59. The van der Waals surface area contributed by atoms with Gasteiger partial charge in [0.25, 0.3) is 0 Å². The van der Waals surface area contributed by atoms with Crippen LogP contribution in [0.4, 0.5) is 11.4 Å². The van der Waals surface area contributed by atoms with Gasteiger partial charge in [-0.3, -0.25) is 0 Å². The lowest BCUT2D eigenvalue weighted by molar-refractivity contribution is 0.896. The van der Waals surface area contributed by atoms with E-state index in [2.05, 4.69) is 78.2 Å². The molecule has 1 aliphatic heterocycles. The van der Waals surface area contributed by atoms with Gasteiger partial charge in [0.15, 0.2) is 0 Å². The lowest BCUT2D eigenvalue weighted by Crippen LogP contribution is -2.23. The summed E-state index contributed by atoms with van der Waals surface area (Å²) in [6.45, 7) is 2.11. The van der Waals surface area contributed by atoms with E-state index >= 15 is 0 Å². The van der Waals surface area contributed by atoms with Gasteiger partial charge in [0, 0.05) is 16.8 Å². The van der Waals surface area contributed by atoms with Crippen molar-refractivity contribution in [3.05, 3.63) is 71.8 Å². The van der Waals surface area contributed by atoms with Crippen LogP contribution in [0.15, 0.2) is 60.7 Å². The Morgan fingerprint density at radius 1 is 0.750 bits per heavy atom. The average molecular weight is 260 g/mol. The van der Waals surface area contributed by atoms with Crippen molar-refractivity contribution in [2.75, 3.05) is 10.6 Å². The van der Waals surface area contributed by atoms with E-state index in [4.69, 9.17) is 0 Å². The third-order valence-electron chi connectivity index (χ3n) is 3.92. The van der Waals surface area contributed by atoms with Crippen molar-refractivity contribution in [3.63, 3.8) is 0 Å². The van der Waals surface area contributed by atoms with Crippen molar-refractivity contribution < 1.29 is 0 Å². The highest BCUT2D eigenvalue weighted by Gasteiger charge is 2.19. The van der Waals surface area contributed by atoms with E-state index in [-0.39, 0.29) is 6.17 Å². The second-order valence-corrected chi connectivity index (χ2v) is 5.34. The van der Waals surface area contributed by atoms with Gasteiger partial charge in [0.05, 0.1) is 0 Å². The highest BCUT2D eigenvalue weighted by atomic mass is 15.1. The predicted octanol–water partition coefficient (Wildman–Crippen LogP) is 4.68. The van der Waals surface area contributed by atoms with Crippen LogP contribution in [-0.2, 0) is 0 Å². The lowest BCUT2D eigenvalue weighted by atomic mass is 10.0. The molecule has 0 radical (unpaired) electrons. The van der Waals surface area contributed by atoms with Gasteiger partial charge in [-0.2, -0.15) is 0 Å². The third-order valence-corrected chi connectivity index (χ3v) is 3.92. The highest BCUT2D eigenvalue weighted by molar-refractivity contribution is 6.04. The summed E-state index contributed by atoms with van der Waals surface area (Å²) < 4.78 is 0. The summed E-state index contributed by atoms with van der Waals surface area (Å²) in [4.78, 5) is 0. The maximum Gasteiger partial charge on any atom is 0.123 e. The summed E-state index contributed by atoms with van der Waals surface area (Å²) in [6.07, 6.45) is 0.121. The van der Waals surface area contributed by atoms with Crippen LogP contribution in [0, 0.1) is 6.92 Å². The molecular weight excluding hydrogens is 244 g/mol. The summed E-state index contributed by atoms with van der Waals surface area (Å²) >= 11 is 0. The molecule has 4 rings (SSSR count). The van der Waals surface area contributed by atoms with Crippen LogP contribution in [0.3, 0.4) is 0 Å². The van der Waals surface area contributed by atoms with E-state index in [1.165, 1.54) is 33.3 Å². The number of anilines is 2. The molecule has 2 heteroatoms. The Morgan fingerprint density at radius 2 is 1.35 bits per heavy atom. The summed E-state index contributed by atoms with van der Waals surface area (Å²) in [5.74, 6) is 0. The number of nitrogens with one attached hydrogen (secondary N) is 2. The summed E-state index contributed by atoms with van der Waals surface area (Å²) in [5.41, 5.74) is 4.93. The molecule has 0 saturated heterocycles. The topological polar surface area (TPSA) is 24.1 Å². The molecule has 0 aromatic heterocycles. The first kappa shape index (κ1) is 11.4. The Kier molecular flexibility index (Phi) is 2.43. The summed E-state index contributed by atoms with van der Waals surface area (Å²) in [7, 11) is 0. The second kappa shape index (κ2) is 4.27. The van der Waals surface area contributed by atoms with Crippen LogP contribution in [0.1, 0.15) is 17.3 Å². The van der Waals surface area contributed by atoms with Crippen LogP contribution < -0.4 is 10.6 Å². The molecular formula is C18H16N2. The molecule has 2 N–H and O–H groups in total. The van der Waals surface area contributed by atoms with E-state index in [9.17, 15) is 0 Å². The molecule has 0 fully saturated rings. The quantitative estimate of drug-likeness (QED) is 0.663. The molecule has 0 spiro atoms. The zero-order valence-corrected chi connectivity index (χ0v) is 11.4. The standard InChI is InChI=1S/C18H16N2/c1-12-8-10-14(11-9-12)18-19-15-6-2-4-13-5-3-7-16(20-18)17(13)15/h2-11,18-20H,1H3. The van der Waals surface area contributed by atoms with Crippen molar-refractivity contribution in [1.29, 1.82) is 0 Å². The Labute approximate surface area is 118 Å². The van der Waals surface area contributed by atoms with E-state index in [1.54, 1.807) is 0 Å². The first-order valence-electron chi connectivity index (χ1n) is 6.93. The maximum atomic E-state index is 3.59. The second-order valence-electron chi connectivity index (χ2n) is 5.34. The predicted molar refractivity (Wildman–Crippen MR) is 85.1 cm³/mol. The van der Waals surface area contributed by atoms with Crippen molar-refractivity contribution in [1.82, 2.24) is 0 Å². The van der Waals surface area contributed by atoms with Crippen LogP contribution in [-0.4, -0.2) is 0 Å². The van der Waals surface area contributed by atoms with E-state index in [0.717, 1.165) is 0 Å². The first-order chi connectivity index (χ1) is 9.81. The summed E-state index contributed by atoms with van der Waals surface area (Å²) in [5, 5.41) is 9.71. The van der Waals surface area contributed by atoms with Gasteiger partial charge in [-0.15, -0.1) is 0 Å². The smallest absolute Gasteiger partial charge is 0.123 e. The molecule has 1 heterocycles. The van der Waals surface area contributed by atoms with Gasteiger partial charge < -0.3 is 10.6 Å². The molecule has 0 bridgehead atoms. The van der Waals surface area contributed by atoms with Crippen LogP contribution in [0.2, 0.25) is 0 Å². The van der Waals surface area contributed by atoms with Gasteiger partial charge in [0.1, 0.15) is 6.17 Å². The number of hydrogen-bond acceptors (Lipinski definition) is 2. The van der Waals surface area contributed by atoms with Gasteiger partial charge in [-0.1, -0.05) is 54.1 Å². The average Bonchev–Trinajstić information content (AvgIpc) is 2.48. The van der Waals surface area contributed by atoms with E-state index in [1.807, 2.05) is 0 Å². The van der Waals surface area contributed by atoms with Gasteiger partial charge in [-0.25, -0.2) is 0 Å². The van der Waals surface area contributed by atoms with Crippen LogP contribution in [0.25, 0.3) is 10.8 Å². The Balaban J connectivity index is 1.81. The summed E-state index contributed by atoms with van der Waals surface area (Å²) in [6, 6.07) is 21.5. The van der Waals surface area contributed by atoms with Crippen LogP contribution >= 0.6 is 0 Å². The number of aryl methyl sites for hydroxylation is 1. The third kappa shape index (κ3) is 1.73. The van der Waals surface area contributed by atoms with E-state index < -0.39 is 0 Å². The SMILES string of the molecule is Cc1ccc(C2Nc3cccc4cccc(c34)N2)cc1. The van der Waals surface area contributed by atoms with E-state index in [0.29, 0.717) is 0 Å². The molecule has 1 aliphatic rings.